The summed E-state index contributed by atoms with van der Waals surface area (Å²) in [4.78, 5) is 13.9. The maximum atomic E-state index is 11.7. The van der Waals surface area contributed by atoms with Crippen molar-refractivity contribution >= 4 is 52.2 Å². The first-order valence-electron chi connectivity index (χ1n) is 6.06. The third-order valence-electron chi connectivity index (χ3n) is 2.51. The molecule has 21 heavy (non-hydrogen) atoms. The van der Waals surface area contributed by atoms with Crippen LogP contribution < -0.4 is 5.32 Å². The number of carbonyl (C=O) groups is 1. The average Bonchev–Trinajstić information content (AvgIpc) is 3.11. The van der Waals surface area contributed by atoms with E-state index >= 15 is 0 Å². The Bertz CT molecular complexity index is 663. The Kier molecular flexibility index (Phi) is 5.55. The highest BCUT2D eigenvalue weighted by Crippen LogP contribution is 2.25. The van der Waals surface area contributed by atoms with Gasteiger partial charge in [-0.25, -0.2) is 4.79 Å². The van der Waals surface area contributed by atoms with Crippen molar-refractivity contribution in [2.75, 3.05) is 13.2 Å². The number of esters is 1. The lowest BCUT2D eigenvalue weighted by molar-refractivity contribution is 0.0518. The van der Waals surface area contributed by atoms with Crippen molar-refractivity contribution in [3.8, 4) is 0 Å². The normalized spacial score (nSPS) is 10.1. The number of hydrogen-bond acceptors (Lipinski definition) is 6. The molecule has 0 atom stereocenters. The van der Waals surface area contributed by atoms with E-state index in [1.54, 1.807) is 12.1 Å². The van der Waals surface area contributed by atoms with Crippen LogP contribution in [-0.4, -0.2) is 25.3 Å². The van der Waals surface area contributed by atoms with Crippen LogP contribution in [0.1, 0.15) is 19.4 Å². The van der Waals surface area contributed by atoms with E-state index in [-0.39, 0.29) is 12.6 Å². The highest BCUT2D eigenvalue weighted by Gasteiger charge is 2.10. The van der Waals surface area contributed by atoms with Gasteiger partial charge in [-0.2, -0.15) is 0 Å². The fourth-order valence-corrected chi connectivity index (χ4v) is 3.24. The molecule has 2 N–H and O–H groups in total. The van der Waals surface area contributed by atoms with Gasteiger partial charge in [-0.15, -0.1) is 22.7 Å². The lowest BCUT2D eigenvalue weighted by atomic mass is 10.4. The van der Waals surface area contributed by atoms with Crippen LogP contribution in [0.5, 0.6) is 0 Å². The third kappa shape index (κ3) is 4.42. The molecule has 0 aliphatic carbocycles. The molecule has 0 bridgehead atoms. The molecule has 0 spiro atoms. The monoisotopic (exact) mass is 340 g/mol. The molecule has 7 heteroatoms. The van der Waals surface area contributed by atoms with Gasteiger partial charge in [0.05, 0.1) is 9.21 Å². The lowest BCUT2D eigenvalue weighted by Gasteiger charge is -2.08. The Morgan fingerprint density at radius 3 is 2.71 bits per heavy atom. The van der Waals surface area contributed by atoms with Crippen LogP contribution >= 0.6 is 34.3 Å². The van der Waals surface area contributed by atoms with Gasteiger partial charge in [0.2, 0.25) is 0 Å². The number of halogens is 1. The summed E-state index contributed by atoms with van der Waals surface area (Å²) < 4.78 is 5.85. The number of rotatable bonds is 7. The third-order valence-corrected chi connectivity index (χ3v) is 4.82. The first kappa shape index (κ1) is 15.8. The maximum absolute atomic E-state index is 11.7. The average molecular weight is 341 g/mol. The van der Waals surface area contributed by atoms with E-state index in [1.807, 2.05) is 12.1 Å². The van der Waals surface area contributed by atoms with Crippen molar-refractivity contribution in [3.05, 3.63) is 49.8 Å². The van der Waals surface area contributed by atoms with Crippen molar-refractivity contribution in [2.24, 2.45) is 0 Å². The van der Waals surface area contributed by atoms with Crippen molar-refractivity contribution in [3.63, 3.8) is 0 Å². The second-order valence-electron chi connectivity index (χ2n) is 3.99. The van der Waals surface area contributed by atoms with E-state index in [0.29, 0.717) is 15.8 Å². The molecule has 4 nitrogen and oxygen atoms in total. The summed E-state index contributed by atoms with van der Waals surface area (Å²) in [6.45, 7) is 4.62. The maximum Gasteiger partial charge on any atom is 0.348 e. The van der Waals surface area contributed by atoms with Gasteiger partial charge in [0.1, 0.15) is 11.5 Å². The van der Waals surface area contributed by atoms with Crippen molar-refractivity contribution in [1.29, 1.82) is 5.41 Å². The van der Waals surface area contributed by atoms with Gasteiger partial charge < -0.3 is 15.5 Å². The molecular weight excluding hydrogens is 328 g/mol. The largest absolute Gasteiger partial charge is 0.460 e. The molecule has 0 radical (unpaired) electrons. The second kappa shape index (κ2) is 7.40. The van der Waals surface area contributed by atoms with Crippen LogP contribution in [-0.2, 0) is 4.74 Å². The standard InChI is InChI=1S/C14H13ClN2O2S2/c1-9(11-4-5-13(15)21-11)17-6-7-19-14(18)12-3-2-10(8-16)20-12/h2-5,8,16-17H,1,6-7H2. The molecule has 2 aromatic rings. The van der Waals surface area contributed by atoms with Gasteiger partial charge in [-0.05, 0) is 24.3 Å². The smallest absolute Gasteiger partial charge is 0.348 e. The minimum atomic E-state index is -0.375. The van der Waals surface area contributed by atoms with Crippen molar-refractivity contribution in [1.82, 2.24) is 5.32 Å². The lowest BCUT2D eigenvalue weighted by Crippen LogP contribution is -2.19. The topological polar surface area (TPSA) is 62.2 Å². The zero-order valence-electron chi connectivity index (χ0n) is 11.0. The molecule has 2 rings (SSSR count). The Morgan fingerprint density at radius 2 is 2.10 bits per heavy atom. The number of carbonyl (C=O) groups excluding carboxylic acids is 1. The fraction of sp³-hybridized carbons (Fsp3) is 0.143. The zero-order valence-corrected chi connectivity index (χ0v) is 13.4. The number of nitrogens with one attached hydrogen (secondary N) is 2. The van der Waals surface area contributed by atoms with E-state index in [4.69, 9.17) is 21.7 Å². The van der Waals surface area contributed by atoms with Crippen LogP contribution in [0, 0.1) is 5.41 Å². The predicted octanol–water partition coefficient (Wildman–Crippen LogP) is 3.88. The molecule has 0 aliphatic rings. The number of thiophene rings is 2. The molecule has 0 saturated heterocycles. The quantitative estimate of drug-likeness (QED) is 0.457. The highest BCUT2D eigenvalue weighted by atomic mass is 35.5. The highest BCUT2D eigenvalue weighted by molar-refractivity contribution is 7.17. The van der Waals surface area contributed by atoms with Crippen LogP contribution in [0.15, 0.2) is 30.8 Å². The SMILES string of the molecule is C=C(NCCOC(=O)c1ccc(C=N)s1)c1ccc(Cl)s1. The van der Waals surface area contributed by atoms with Gasteiger partial charge in [0.25, 0.3) is 0 Å². The van der Waals surface area contributed by atoms with Gasteiger partial charge in [-0.1, -0.05) is 18.2 Å². The van der Waals surface area contributed by atoms with Crippen LogP contribution in [0.3, 0.4) is 0 Å². The summed E-state index contributed by atoms with van der Waals surface area (Å²) >= 11 is 8.53. The molecule has 0 aliphatic heterocycles. The van der Waals surface area contributed by atoms with Gasteiger partial charge in [0.15, 0.2) is 0 Å². The molecule has 0 aromatic carbocycles. The van der Waals surface area contributed by atoms with Crippen LogP contribution in [0.4, 0.5) is 0 Å². The van der Waals surface area contributed by atoms with Gasteiger partial charge in [-0.3, -0.25) is 0 Å². The molecule has 0 amide bonds. The van der Waals surface area contributed by atoms with Crippen molar-refractivity contribution < 1.29 is 9.53 Å². The fourth-order valence-electron chi connectivity index (χ4n) is 1.52. The molecule has 0 unspecified atom stereocenters. The summed E-state index contributed by atoms with van der Waals surface area (Å²) in [6.07, 6.45) is 1.21. The molecule has 2 aromatic heterocycles. The first-order chi connectivity index (χ1) is 10.1. The van der Waals surface area contributed by atoms with Gasteiger partial charge >= 0.3 is 5.97 Å². The molecule has 0 saturated carbocycles. The summed E-state index contributed by atoms with van der Waals surface area (Å²) in [7, 11) is 0. The van der Waals surface area contributed by atoms with E-state index in [1.165, 1.54) is 28.9 Å². The molecule has 110 valence electrons. The summed E-state index contributed by atoms with van der Waals surface area (Å²) in [6, 6.07) is 7.08. The zero-order chi connectivity index (χ0) is 15.2. The number of ether oxygens (including phenoxy) is 1. The Balaban J connectivity index is 1.73. The Morgan fingerprint density at radius 1 is 1.33 bits per heavy atom. The summed E-state index contributed by atoms with van der Waals surface area (Å²) in [5.41, 5.74) is 0.755. The molecular formula is C14H13ClN2O2S2. The first-order valence-corrected chi connectivity index (χ1v) is 8.07. The summed E-state index contributed by atoms with van der Waals surface area (Å²) in [5, 5.41) is 10.2. The number of hydrogen-bond donors (Lipinski definition) is 2. The Hall–Kier alpha value is -1.63. The van der Waals surface area contributed by atoms with Crippen molar-refractivity contribution in [2.45, 2.75) is 0 Å². The molecule has 2 heterocycles. The van der Waals surface area contributed by atoms with E-state index in [9.17, 15) is 4.79 Å². The predicted molar refractivity (Wildman–Crippen MR) is 88.9 cm³/mol. The van der Waals surface area contributed by atoms with Crippen LogP contribution in [0.2, 0.25) is 4.34 Å². The minimum Gasteiger partial charge on any atom is -0.460 e. The van der Waals surface area contributed by atoms with Gasteiger partial charge in [0, 0.05) is 23.3 Å². The second-order valence-corrected chi connectivity index (χ2v) is 6.82. The van der Waals surface area contributed by atoms with E-state index in [2.05, 4.69) is 11.9 Å². The minimum absolute atomic E-state index is 0.245. The van der Waals surface area contributed by atoms with E-state index < -0.39 is 0 Å². The molecule has 0 fully saturated rings. The van der Waals surface area contributed by atoms with Crippen LogP contribution in [0.25, 0.3) is 5.70 Å². The van der Waals surface area contributed by atoms with E-state index in [0.717, 1.165) is 15.5 Å². The Labute approximate surface area is 135 Å². The summed E-state index contributed by atoms with van der Waals surface area (Å²) in [5.74, 6) is -0.375.